The topological polar surface area (TPSA) is 94.2 Å². The molecule has 1 N–H and O–H groups in total. The molecule has 7 nitrogen and oxygen atoms in total. The Morgan fingerprint density at radius 2 is 1.86 bits per heavy atom. The lowest BCUT2D eigenvalue weighted by molar-refractivity contribution is -0.384. The summed E-state index contributed by atoms with van der Waals surface area (Å²) in [7, 11) is 0. The van der Waals surface area contributed by atoms with Crippen LogP contribution in [0.5, 0.6) is 0 Å². The number of nitro groups is 1. The highest BCUT2D eigenvalue weighted by atomic mass is 35.5. The van der Waals surface area contributed by atoms with Gasteiger partial charge < -0.3 is 9.88 Å². The van der Waals surface area contributed by atoms with Crippen molar-refractivity contribution in [2.24, 2.45) is 0 Å². The zero-order chi connectivity index (χ0) is 20.3. The molecule has 3 aromatic rings. The second-order valence-electron chi connectivity index (χ2n) is 6.22. The Hall–Kier alpha value is -3.45. The number of aryl methyl sites for hydroxylation is 1. The monoisotopic (exact) mass is 397 g/mol. The lowest BCUT2D eigenvalue weighted by Crippen LogP contribution is -2.22. The molecule has 1 heterocycles. The third-order valence-electron chi connectivity index (χ3n) is 4.19. The van der Waals surface area contributed by atoms with Crippen LogP contribution in [0.4, 0.5) is 11.4 Å². The summed E-state index contributed by atoms with van der Waals surface area (Å²) in [4.78, 5) is 35.1. The van der Waals surface area contributed by atoms with Crippen molar-refractivity contribution < 1.29 is 9.72 Å². The predicted molar refractivity (Wildman–Crippen MR) is 107 cm³/mol. The van der Waals surface area contributed by atoms with Crippen LogP contribution in [0.15, 0.2) is 65.6 Å². The van der Waals surface area contributed by atoms with Crippen LogP contribution in [0.25, 0.3) is 0 Å². The van der Waals surface area contributed by atoms with E-state index in [4.69, 9.17) is 11.6 Å². The van der Waals surface area contributed by atoms with Crippen molar-refractivity contribution in [1.82, 2.24) is 4.57 Å². The first kappa shape index (κ1) is 19.3. The van der Waals surface area contributed by atoms with Crippen molar-refractivity contribution in [1.29, 1.82) is 0 Å². The highest BCUT2D eigenvalue weighted by molar-refractivity contribution is 6.30. The van der Waals surface area contributed by atoms with Gasteiger partial charge in [-0.2, -0.15) is 0 Å². The van der Waals surface area contributed by atoms with Gasteiger partial charge in [-0.05, 0) is 36.2 Å². The molecule has 0 spiro atoms. The number of aromatic nitrogens is 1. The number of pyridine rings is 1. The molecule has 1 amide bonds. The molecule has 0 aliphatic carbocycles. The standard InChI is InChI=1S/C20H16ClN3O4/c1-13-2-8-17(24(27)28)10-18(13)22-20(26)15-5-9-19(25)23(12-15)11-14-3-6-16(21)7-4-14/h2-10,12H,11H2,1H3,(H,22,26). The maximum Gasteiger partial charge on any atom is 0.271 e. The van der Waals surface area contributed by atoms with E-state index in [0.29, 0.717) is 16.3 Å². The number of hydrogen-bond donors (Lipinski definition) is 1. The number of non-ortho nitro benzene ring substituents is 1. The Bertz CT molecular complexity index is 1110. The van der Waals surface area contributed by atoms with E-state index in [0.717, 1.165) is 5.56 Å². The lowest BCUT2D eigenvalue weighted by Gasteiger charge is -2.11. The van der Waals surface area contributed by atoms with Crippen molar-refractivity contribution >= 4 is 28.9 Å². The molecule has 2 aromatic carbocycles. The molecule has 0 saturated carbocycles. The zero-order valence-electron chi connectivity index (χ0n) is 14.9. The number of nitrogens with one attached hydrogen (secondary N) is 1. The Labute approximate surface area is 165 Å². The predicted octanol–water partition coefficient (Wildman–Crippen LogP) is 4.02. The van der Waals surface area contributed by atoms with E-state index in [2.05, 4.69) is 5.32 Å². The molecule has 0 saturated heterocycles. The van der Waals surface area contributed by atoms with Gasteiger partial charge in [-0.1, -0.05) is 29.8 Å². The number of benzene rings is 2. The molecule has 0 bridgehead atoms. The van der Waals surface area contributed by atoms with Gasteiger partial charge in [-0.15, -0.1) is 0 Å². The average Bonchev–Trinajstić information content (AvgIpc) is 2.66. The summed E-state index contributed by atoms with van der Waals surface area (Å²) in [6.07, 6.45) is 1.46. The van der Waals surface area contributed by atoms with Crippen LogP contribution < -0.4 is 10.9 Å². The highest BCUT2D eigenvalue weighted by Crippen LogP contribution is 2.22. The number of rotatable bonds is 5. The molecule has 3 rings (SSSR count). The average molecular weight is 398 g/mol. The summed E-state index contributed by atoms with van der Waals surface area (Å²) in [6.45, 7) is 2.02. The van der Waals surface area contributed by atoms with E-state index in [-0.39, 0.29) is 23.4 Å². The van der Waals surface area contributed by atoms with Crippen LogP contribution in [0, 0.1) is 17.0 Å². The van der Waals surface area contributed by atoms with E-state index in [1.807, 2.05) is 0 Å². The maximum absolute atomic E-state index is 12.6. The van der Waals surface area contributed by atoms with E-state index in [9.17, 15) is 19.7 Å². The fourth-order valence-electron chi connectivity index (χ4n) is 2.63. The normalized spacial score (nSPS) is 10.5. The number of nitrogens with zero attached hydrogens (tertiary/aromatic N) is 2. The van der Waals surface area contributed by atoms with Crippen LogP contribution in [-0.2, 0) is 6.54 Å². The van der Waals surface area contributed by atoms with Crippen LogP contribution >= 0.6 is 11.6 Å². The Morgan fingerprint density at radius 3 is 2.54 bits per heavy atom. The third-order valence-corrected chi connectivity index (χ3v) is 4.44. The van der Waals surface area contributed by atoms with Crippen molar-refractivity contribution in [2.45, 2.75) is 13.5 Å². The fourth-order valence-corrected chi connectivity index (χ4v) is 2.75. The number of hydrogen-bond acceptors (Lipinski definition) is 4. The fraction of sp³-hybridized carbons (Fsp3) is 0.100. The summed E-state index contributed by atoms with van der Waals surface area (Å²) >= 11 is 5.87. The number of halogens is 1. The summed E-state index contributed by atoms with van der Waals surface area (Å²) < 4.78 is 1.42. The minimum atomic E-state index is -0.526. The molecule has 28 heavy (non-hydrogen) atoms. The van der Waals surface area contributed by atoms with Crippen molar-refractivity contribution in [3.8, 4) is 0 Å². The van der Waals surface area contributed by atoms with Gasteiger partial charge in [0.2, 0.25) is 0 Å². The molecular formula is C20H16ClN3O4. The lowest BCUT2D eigenvalue weighted by atomic mass is 10.1. The first-order valence-corrected chi connectivity index (χ1v) is 8.72. The summed E-state index contributed by atoms with van der Waals surface area (Å²) in [5.41, 5.74) is 1.78. The van der Waals surface area contributed by atoms with Gasteiger partial charge in [0.1, 0.15) is 0 Å². The van der Waals surface area contributed by atoms with Crippen molar-refractivity contribution in [2.75, 3.05) is 5.32 Å². The molecule has 0 atom stereocenters. The SMILES string of the molecule is Cc1ccc([N+](=O)[O-])cc1NC(=O)c1ccc(=O)n(Cc2ccc(Cl)cc2)c1. The van der Waals surface area contributed by atoms with Crippen LogP contribution in [-0.4, -0.2) is 15.4 Å². The summed E-state index contributed by atoms with van der Waals surface area (Å²) in [5.74, 6) is -0.464. The number of carbonyl (C=O) groups is 1. The maximum atomic E-state index is 12.6. The molecule has 0 radical (unpaired) electrons. The van der Waals surface area contributed by atoms with Gasteiger partial charge in [-0.3, -0.25) is 19.7 Å². The van der Waals surface area contributed by atoms with Gasteiger partial charge in [0.05, 0.1) is 22.7 Å². The number of carbonyl (C=O) groups excluding carboxylic acids is 1. The first-order chi connectivity index (χ1) is 13.3. The van der Waals surface area contributed by atoms with Crippen LogP contribution in [0.1, 0.15) is 21.5 Å². The van der Waals surface area contributed by atoms with Gasteiger partial charge in [0.15, 0.2) is 0 Å². The highest BCUT2D eigenvalue weighted by Gasteiger charge is 2.13. The van der Waals surface area contributed by atoms with Crippen LogP contribution in [0.2, 0.25) is 5.02 Å². The third kappa shape index (κ3) is 4.44. The summed E-state index contributed by atoms with van der Waals surface area (Å²) in [5, 5.41) is 14.2. The molecule has 0 fully saturated rings. The molecule has 8 heteroatoms. The molecule has 0 aliphatic heterocycles. The van der Waals surface area contributed by atoms with E-state index in [1.165, 1.54) is 35.0 Å². The first-order valence-electron chi connectivity index (χ1n) is 8.35. The molecule has 142 valence electrons. The number of amides is 1. The quantitative estimate of drug-likeness (QED) is 0.519. The summed E-state index contributed by atoms with van der Waals surface area (Å²) in [6, 6.07) is 14.0. The van der Waals surface area contributed by atoms with Crippen molar-refractivity contribution in [3.05, 3.63) is 103 Å². The van der Waals surface area contributed by atoms with E-state index in [1.54, 1.807) is 37.3 Å². The number of nitro benzene ring substituents is 1. The largest absolute Gasteiger partial charge is 0.321 e. The Morgan fingerprint density at radius 1 is 1.14 bits per heavy atom. The Kier molecular flexibility index (Phi) is 5.56. The number of anilines is 1. The van der Waals surface area contributed by atoms with Crippen LogP contribution in [0.3, 0.4) is 0 Å². The van der Waals surface area contributed by atoms with E-state index >= 15 is 0 Å². The molecular weight excluding hydrogens is 382 g/mol. The smallest absolute Gasteiger partial charge is 0.271 e. The van der Waals surface area contributed by atoms with Gasteiger partial charge >= 0.3 is 0 Å². The second-order valence-corrected chi connectivity index (χ2v) is 6.66. The molecule has 1 aromatic heterocycles. The van der Waals surface area contributed by atoms with Crippen molar-refractivity contribution in [3.63, 3.8) is 0 Å². The zero-order valence-corrected chi connectivity index (χ0v) is 15.6. The molecule has 0 unspecified atom stereocenters. The van der Waals surface area contributed by atoms with E-state index < -0.39 is 10.8 Å². The Balaban J connectivity index is 1.85. The second kappa shape index (κ2) is 8.06. The minimum absolute atomic E-state index is 0.117. The van der Waals surface area contributed by atoms with Gasteiger partial charge in [-0.25, -0.2) is 0 Å². The van der Waals surface area contributed by atoms with Gasteiger partial charge in [0, 0.05) is 29.4 Å². The molecule has 0 aliphatic rings. The van der Waals surface area contributed by atoms with Gasteiger partial charge in [0.25, 0.3) is 17.2 Å². The minimum Gasteiger partial charge on any atom is -0.321 e.